The van der Waals surface area contributed by atoms with Gasteiger partial charge < -0.3 is 5.32 Å². The van der Waals surface area contributed by atoms with Crippen LogP contribution in [0.4, 0.5) is 0 Å². The molecule has 1 rings (SSSR count). The molecule has 3 heteroatoms. The van der Waals surface area contributed by atoms with Crippen LogP contribution in [0.25, 0.3) is 0 Å². The van der Waals surface area contributed by atoms with Crippen LogP contribution < -0.4 is 5.32 Å². The van der Waals surface area contributed by atoms with Crippen molar-refractivity contribution in [2.75, 3.05) is 0 Å². The molecule has 0 aliphatic rings. The lowest BCUT2D eigenvalue weighted by Crippen LogP contribution is -2.30. The van der Waals surface area contributed by atoms with Gasteiger partial charge in [0.15, 0.2) is 0 Å². The van der Waals surface area contributed by atoms with Crippen LogP contribution in [0.3, 0.4) is 0 Å². The van der Waals surface area contributed by atoms with Crippen molar-refractivity contribution in [1.29, 1.82) is 0 Å². The number of nitrogens with zero attached hydrogens (tertiary/aromatic N) is 2. The first kappa shape index (κ1) is 11.2. The van der Waals surface area contributed by atoms with Crippen molar-refractivity contribution in [3.05, 3.63) is 18.0 Å². The minimum atomic E-state index is 0.397. The molecular weight excluding hydrogens is 174 g/mol. The standard InChI is InChI=1S/C11H21N3/c1-5-11(6-2)13-9(3)10-7-12-14(4)8-10/h7-9,11,13H,5-6H2,1-4H3/t9-/m1/s1. The zero-order valence-electron chi connectivity index (χ0n) is 9.62. The Bertz CT molecular complexity index is 263. The third-order valence-corrected chi connectivity index (χ3v) is 2.70. The Balaban J connectivity index is 2.53. The minimum absolute atomic E-state index is 0.397. The Hall–Kier alpha value is -0.830. The molecule has 0 bridgehead atoms. The molecule has 3 nitrogen and oxygen atoms in total. The van der Waals surface area contributed by atoms with Gasteiger partial charge in [0.1, 0.15) is 0 Å². The van der Waals surface area contributed by atoms with Gasteiger partial charge in [-0.3, -0.25) is 4.68 Å². The van der Waals surface area contributed by atoms with Gasteiger partial charge in [0.2, 0.25) is 0 Å². The van der Waals surface area contributed by atoms with Gasteiger partial charge in [-0.25, -0.2) is 0 Å². The molecule has 0 aliphatic heterocycles. The molecule has 0 radical (unpaired) electrons. The van der Waals surface area contributed by atoms with Gasteiger partial charge >= 0.3 is 0 Å². The second-order valence-corrected chi connectivity index (χ2v) is 3.85. The number of nitrogens with one attached hydrogen (secondary N) is 1. The highest BCUT2D eigenvalue weighted by Crippen LogP contribution is 2.12. The third kappa shape index (κ3) is 2.84. The SMILES string of the molecule is CCC(CC)N[C@H](C)c1cnn(C)c1. The van der Waals surface area contributed by atoms with E-state index in [4.69, 9.17) is 0 Å². The van der Waals surface area contributed by atoms with E-state index >= 15 is 0 Å². The van der Waals surface area contributed by atoms with Crippen LogP contribution in [0, 0.1) is 0 Å². The summed E-state index contributed by atoms with van der Waals surface area (Å²) in [5.74, 6) is 0. The highest BCUT2D eigenvalue weighted by molar-refractivity contribution is 5.09. The summed E-state index contributed by atoms with van der Waals surface area (Å²) in [5, 5.41) is 7.77. The summed E-state index contributed by atoms with van der Waals surface area (Å²) in [4.78, 5) is 0. The molecule has 0 amide bonds. The zero-order valence-corrected chi connectivity index (χ0v) is 9.62. The Kier molecular flexibility index (Phi) is 4.14. The summed E-state index contributed by atoms with van der Waals surface area (Å²) in [6.07, 6.45) is 6.36. The predicted octanol–water partition coefficient (Wildman–Crippen LogP) is 2.26. The van der Waals surface area contributed by atoms with Crippen LogP contribution in [0.15, 0.2) is 12.4 Å². The van der Waals surface area contributed by atoms with E-state index in [2.05, 4.69) is 37.4 Å². The Morgan fingerprint density at radius 3 is 2.50 bits per heavy atom. The number of hydrogen-bond acceptors (Lipinski definition) is 2. The smallest absolute Gasteiger partial charge is 0.0537 e. The fraction of sp³-hybridized carbons (Fsp3) is 0.727. The summed E-state index contributed by atoms with van der Waals surface area (Å²) in [7, 11) is 1.95. The maximum Gasteiger partial charge on any atom is 0.0537 e. The fourth-order valence-corrected chi connectivity index (χ4v) is 1.64. The second-order valence-electron chi connectivity index (χ2n) is 3.85. The van der Waals surface area contributed by atoms with Gasteiger partial charge in [0.05, 0.1) is 6.20 Å². The van der Waals surface area contributed by atoms with E-state index in [1.807, 2.05) is 17.9 Å². The number of aromatic nitrogens is 2. The van der Waals surface area contributed by atoms with Crippen LogP contribution in [0.5, 0.6) is 0 Å². The molecule has 0 spiro atoms. The van der Waals surface area contributed by atoms with Gasteiger partial charge in [0, 0.05) is 30.9 Å². The van der Waals surface area contributed by atoms with Crippen molar-refractivity contribution in [2.24, 2.45) is 7.05 Å². The highest BCUT2D eigenvalue weighted by atomic mass is 15.2. The number of rotatable bonds is 5. The van der Waals surface area contributed by atoms with E-state index in [1.54, 1.807) is 0 Å². The maximum atomic E-state index is 4.17. The summed E-state index contributed by atoms with van der Waals surface area (Å²) < 4.78 is 1.85. The molecule has 0 saturated carbocycles. The number of hydrogen-bond donors (Lipinski definition) is 1. The van der Waals surface area contributed by atoms with Gasteiger partial charge in [0.25, 0.3) is 0 Å². The predicted molar refractivity (Wildman–Crippen MR) is 59.1 cm³/mol. The van der Waals surface area contributed by atoms with Crippen molar-refractivity contribution in [1.82, 2.24) is 15.1 Å². The molecule has 1 aromatic rings. The Morgan fingerprint density at radius 1 is 1.43 bits per heavy atom. The summed E-state index contributed by atoms with van der Waals surface area (Å²) >= 11 is 0. The number of aryl methyl sites for hydroxylation is 1. The molecule has 1 N–H and O–H groups in total. The first-order valence-corrected chi connectivity index (χ1v) is 5.42. The van der Waals surface area contributed by atoms with Crippen molar-refractivity contribution >= 4 is 0 Å². The fourth-order valence-electron chi connectivity index (χ4n) is 1.64. The lowest BCUT2D eigenvalue weighted by molar-refractivity contribution is 0.432. The normalized spacial score (nSPS) is 13.5. The maximum absolute atomic E-state index is 4.17. The Labute approximate surface area is 86.5 Å². The first-order valence-electron chi connectivity index (χ1n) is 5.42. The van der Waals surface area contributed by atoms with Gasteiger partial charge in [-0.15, -0.1) is 0 Å². The molecule has 0 fully saturated rings. The van der Waals surface area contributed by atoms with Crippen molar-refractivity contribution < 1.29 is 0 Å². The summed E-state index contributed by atoms with van der Waals surface area (Å²) in [5.41, 5.74) is 1.26. The summed E-state index contributed by atoms with van der Waals surface area (Å²) in [6.45, 7) is 6.63. The average Bonchev–Trinajstić information content (AvgIpc) is 2.61. The molecule has 1 atom stereocenters. The molecule has 0 aliphatic carbocycles. The lowest BCUT2D eigenvalue weighted by atomic mass is 10.1. The highest BCUT2D eigenvalue weighted by Gasteiger charge is 2.11. The first-order chi connectivity index (χ1) is 6.67. The lowest BCUT2D eigenvalue weighted by Gasteiger charge is -2.19. The van der Waals surface area contributed by atoms with Crippen molar-refractivity contribution in [2.45, 2.75) is 45.7 Å². The van der Waals surface area contributed by atoms with Crippen molar-refractivity contribution in [3.8, 4) is 0 Å². The molecule has 1 heterocycles. The minimum Gasteiger partial charge on any atom is -0.307 e. The molecule has 1 aromatic heterocycles. The molecule has 80 valence electrons. The monoisotopic (exact) mass is 195 g/mol. The largest absolute Gasteiger partial charge is 0.307 e. The topological polar surface area (TPSA) is 29.9 Å². The average molecular weight is 195 g/mol. The van der Waals surface area contributed by atoms with E-state index in [9.17, 15) is 0 Å². The van der Waals surface area contributed by atoms with Crippen molar-refractivity contribution in [3.63, 3.8) is 0 Å². The van der Waals surface area contributed by atoms with E-state index in [0.717, 1.165) is 0 Å². The van der Waals surface area contributed by atoms with Gasteiger partial charge in [-0.1, -0.05) is 13.8 Å². The third-order valence-electron chi connectivity index (χ3n) is 2.70. The van der Waals surface area contributed by atoms with Crippen LogP contribution in [-0.4, -0.2) is 15.8 Å². The van der Waals surface area contributed by atoms with E-state index in [-0.39, 0.29) is 0 Å². The van der Waals surface area contributed by atoms with Gasteiger partial charge in [-0.2, -0.15) is 5.10 Å². The Morgan fingerprint density at radius 2 is 2.07 bits per heavy atom. The van der Waals surface area contributed by atoms with Crippen LogP contribution in [-0.2, 0) is 7.05 Å². The molecule has 0 aromatic carbocycles. The molecule has 0 unspecified atom stereocenters. The molecule has 14 heavy (non-hydrogen) atoms. The van der Waals surface area contributed by atoms with Crippen LogP contribution in [0.2, 0.25) is 0 Å². The summed E-state index contributed by atoms with van der Waals surface area (Å²) in [6, 6.07) is 1.01. The second kappa shape index (κ2) is 5.15. The van der Waals surface area contributed by atoms with E-state index in [0.29, 0.717) is 12.1 Å². The van der Waals surface area contributed by atoms with E-state index < -0.39 is 0 Å². The van der Waals surface area contributed by atoms with Crippen LogP contribution >= 0.6 is 0 Å². The zero-order chi connectivity index (χ0) is 10.6. The molecule has 0 saturated heterocycles. The van der Waals surface area contributed by atoms with Crippen LogP contribution in [0.1, 0.15) is 45.2 Å². The van der Waals surface area contributed by atoms with Gasteiger partial charge in [-0.05, 0) is 19.8 Å². The quantitative estimate of drug-likeness (QED) is 0.781. The molecular formula is C11H21N3. The van der Waals surface area contributed by atoms with E-state index in [1.165, 1.54) is 18.4 Å².